The van der Waals surface area contributed by atoms with Crippen LogP contribution < -0.4 is 0 Å². The Morgan fingerprint density at radius 1 is 1.29 bits per heavy atom. The number of Topliss-reactive ketones (excluding diaryl/α,β-unsaturated/α-hetero) is 1. The third kappa shape index (κ3) is 6.62. The van der Waals surface area contributed by atoms with Crippen LogP contribution >= 0.6 is 22.9 Å². The van der Waals surface area contributed by atoms with Gasteiger partial charge in [0.25, 0.3) is 0 Å². The van der Waals surface area contributed by atoms with Gasteiger partial charge in [-0.3, -0.25) is 9.59 Å². The Morgan fingerprint density at radius 2 is 2.03 bits per heavy atom. The number of halogens is 1. The molecule has 1 saturated carbocycles. The number of carbonyl (C=O) groups excluding carboxylic acids is 2. The summed E-state index contributed by atoms with van der Waals surface area (Å²) < 4.78 is 5.77. The summed E-state index contributed by atoms with van der Waals surface area (Å²) in [6.07, 6.45) is 9.38. The number of ketones is 1. The maximum atomic E-state index is 13.0. The molecule has 0 bridgehead atoms. The van der Waals surface area contributed by atoms with Gasteiger partial charge in [0.15, 0.2) is 0 Å². The standard InChI is InChI=1S/C28H35ClO5S/c1-28(2)26(32)19(10-6-4-5-7-13-24(31)34-3)20(27(28)33)16-14-18(30)15-17-23-25(29)21-11-8-9-12-22(21)35-23/h4,6,8-9,11-12,14,16,18-20,27,30,33H,5,7,10,13,15,17H2,1-3H3/b6-4-,16-14+/t18?,19-,20-,27+/m1/s1. The smallest absolute Gasteiger partial charge is 0.305 e. The molecule has 5 nitrogen and oxygen atoms in total. The molecule has 7 heteroatoms. The van der Waals surface area contributed by atoms with Crippen molar-refractivity contribution in [2.75, 3.05) is 7.11 Å². The van der Waals surface area contributed by atoms with Gasteiger partial charge in [-0.1, -0.05) is 68.0 Å². The lowest BCUT2D eigenvalue weighted by molar-refractivity contribution is -0.140. The monoisotopic (exact) mass is 518 g/mol. The third-order valence-electron chi connectivity index (χ3n) is 6.90. The van der Waals surface area contributed by atoms with E-state index in [1.165, 1.54) is 7.11 Å². The number of hydrogen-bond acceptors (Lipinski definition) is 6. The van der Waals surface area contributed by atoms with Crippen molar-refractivity contribution in [3.63, 3.8) is 0 Å². The van der Waals surface area contributed by atoms with Gasteiger partial charge in [-0.2, -0.15) is 0 Å². The number of ether oxygens (including phenoxy) is 1. The van der Waals surface area contributed by atoms with Crippen LogP contribution in [-0.4, -0.2) is 41.3 Å². The Labute approximate surface area is 216 Å². The number of hydrogen-bond donors (Lipinski definition) is 2. The van der Waals surface area contributed by atoms with Gasteiger partial charge in [0.1, 0.15) is 5.78 Å². The second-order valence-corrected chi connectivity index (χ2v) is 11.2. The molecule has 35 heavy (non-hydrogen) atoms. The summed E-state index contributed by atoms with van der Waals surface area (Å²) in [4.78, 5) is 25.3. The summed E-state index contributed by atoms with van der Waals surface area (Å²) in [5.41, 5.74) is -0.839. The highest BCUT2D eigenvalue weighted by atomic mass is 35.5. The molecular weight excluding hydrogens is 484 g/mol. The minimum absolute atomic E-state index is 0.0328. The van der Waals surface area contributed by atoms with Gasteiger partial charge in [0, 0.05) is 33.2 Å². The maximum absolute atomic E-state index is 13.0. The summed E-state index contributed by atoms with van der Waals surface area (Å²) >= 11 is 8.16. The minimum atomic E-state index is -0.839. The Hall–Kier alpha value is -1.99. The number of esters is 1. The van der Waals surface area contributed by atoms with Gasteiger partial charge in [-0.15, -0.1) is 11.3 Å². The van der Waals surface area contributed by atoms with Crippen molar-refractivity contribution in [3.05, 3.63) is 58.5 Å². The average molecular weight is 519 g/mol. The molecule has 1 unspecified atom stereocenters. The number of allylic oxidation sites excluding steroid dienone is 2. The van der Waals surface area contributed by atoms with Gasteiger partial charge in [-0.25, -0.2) is 0 Å². The zero-order valence-corrected chi connectivity index (χ0v) is 22.1. The van der Waals surface area contributed by atoms with Gasteiger partial charge < -0.3 is 14.9 Å². The van der Waals surface area contributed by atoms with E-state index in [0.717, 1.165) is 26.4 Å². The summed E-state index contributed by atoms with van der Waals surface area (Å²) in [7, 11) is 1.38. The van der Waals surface area contributed by atoms with Crippen LogP contribution in [0.1, 0.15) is 50.8 Å². The lowest BCUT2D eigenvalue weighted by Gasteiger charge is -2.22. The van der Waals surface area contributed by atoms with Crippen LogP contribution in [0.4, 0.5) is 0 Å². The Kier molecular flexibility index (Phi) is 9.70. The number of benzene rings is 1. The van der Waals surface area contributed by atoms with Crippen molar-refractivity contribution in [1.82, 2.24) is 0 Å². The zero-order chi connectivity index (χ0) is 25.6. The van der Waals surface area contributed by atoms with Crippen LogP contribution in [0.2, 0.25) is 5.02 Å². The van der Waals surface area contributed by atoms with E-state index in [1.807, 2.05) is 42.5 Å². The fourth-order valence-electron chi connectivity index (χ4n) is 4.69. The molecule has 0 amide bonds. The van der Waals surface area contributed by atoms with E-state index in [0.29, 0.717) is 32.1 Å². The van der Waals surface area contributed by atoms with Crippen molar-refractivity contribution in [1.29, 1.82) is 0 Å². The lowest BCUT2D eigenvalue weighted by Crippen LogP contribution is -2.31. The lowest BCUT2D eigenvalue weighted by atomic mass is 9.86. The maximum Gasteiger partial charge on any atom is 0.305 e. The van der Waals surface area contributed by atoms with Gasteiger partial charge in [0.05, 0.1) is 29.8 Å². The summed E-state index contributed by atoms with van der Waals surface area (Å²) in [5, 5.41) is 23.3. The number of carbonyl (C=O) groups is 2. The van der Waals surface area contributed by atoms with E-state index < -0.39 is 17.6 Å². The Balaban J connectivity index is 1.59. The van der Waals surface area contributed by atoms with E-state index >= 15 is 0 Å². The van der Waals surface area contributed by atoms with E-state index in [4.69, 9.17) is 11.6 Å². The molecule has 1 aliphatic carbocycles. The minimum Gasteiger partial charge on any atom is -0.469 e. The first kappa shape index (κ1) is 27.6. The molecule has 3 rings (SSSR count). The predicted octanol–water partition coefficient (Wildman–Crippen LogP) is 5.90. The molecule has 1 aromatic carbocycles. The molecular formula is C28H35ClO5S. The fourth-order valence-corrected chi connectivity index (χ4v) is 6.23. The van der Waals surface area contributed by atoms with E-state index in [9.17, 15) is 19.8 Å². The van der Waals surface area contributed by atoms with Crippen molar-refractivity contribution in [2.45, 2.75) is 64.6 Å². The van der Waals surface area contributed by atoms with Crippen LogP contribution in [0.15, 0.2) is 48.6 Å². The van der Waals surface area contributed by atoms with E-state index in [1.54, 1.807) is 31.3 Å². The molecule has 1 heterocycles. The molecule has 0 saturated heterocycles. The molecule has 1 aromatic heterocycles. The van der Waals surface area contributed by atoms with Crippen LogP contribution in [0, 0.1) is 17.3 Å². The zero-order valence-electron chi connectivity index (χ0n) is 20.6. The first-order valence-corrected chi connectivity index (χ1v) is 13.3. The summed E-state index contributed by atoms with van der Waals surface area (Å²) in [5.74, 6) is -0.907. The van der Waals surface area contributed by atoms with E-state index in [2.05, 4.69) is 4.74 Å². The molecule has 0 spiro atoms. The highest BCUT2D eigenvalue weighted by molar-refractivity contribution is 7.19. The number of fused-ring (bicyclic) bond motifs is 1. The average Bonchev–Trinajstić information content (AvgIpc) is 3.25. The van der Waals surface area contributed by atoms with Crippen LogP contribution in [0.3, 0.4) is 0 Å². The van der Waals surface area contributed by atoms with Crippen LogP contribution in [0.5, 0.6) is 0 Å². The molecule has 4 atom stereocenters. The van der Waals surface area contributed by atoms with Crippen molar-refractivity contribution in [2.24, 2.45) is 17.3 Å². The number of methoxy groups -OCH3 is 1. The number of aryl methyl sites for hydroxylation is 1. The van der Waals surface area contributed by atoms with Crippen molar-refractivity contribution < 1.29 is 24.5 Å². The summed E-state index contributed by atoms with van der Waals surface area (Å²) in [6, 6.07) is 7.99. The van der Waals surface area contributed by atoms with Crippen LogP contribution in [-0.2, 0) is 20.7 Å². The van der Waals surface area contributed by atoms with Gasteiger partial charge in [0.2, 0.25) is 0 Å². The SMILES string of the molecule is COC(=O)CCC/C=C\C[C@H]1C(=O)C(C)(C)[C@@H](O)[C@@H]1/C=C/C(O)CCc1sc2ccccc2c1Cl. The number of unbranched alkanes of at least 4 members (excludes halogenated alkanes) is 1. The molecule has 0 radical (unpaired) electrons. The number of rotatable bonds is 11. The third-order valence-corrected chi connectivity index (χ3v) is 8.67. The first-order chi connectivity index (χ1) is 16.7. The molecule has 2 aromatic rings. The predicted molar refractivity (Wildman–Crippen MR) is 142 cm³/mol. The number of aliphatic hydroxyl groups is 2. The van der Waals surface area contributed by atoms with E-state index in [-0.39, 0.29) is 23.6 Å². The largest absolute Gasteiger partial charge is 0.469 e. The Bertz CT molecular complexity index is 1090. The normalized spacial score (nSPS) is 23.0. The van der Waals surface area contributed by atoms with Gasteiger partial charge >= 0.3 is 5.97 Å². The van der Waals surface area contributed by atoms with Gasteiger partial charge in [-0.05, 0) is 38.2 Å². The Morgan fingerprint density at radius 3 is 2.74 bits per heavy atom. The summed E-state index contributed by atoms with van der Waals surface area (Å²) in [6.45, 7) is 3.56. The first-order valence-electron chi connectivity index (χ1n) is 12.1. The highest BCUT2D eigenvalue weighted by Crippen LogP contribution is 2.45. The fraction of sp³-hybridized carbons (Fsp3) is 0.500. The molecule has 1 aliphatic rings. The second-order valence-electron chi connectivity index (χ2n) is 9.72. The second kappa shape index (κ2) is 12.3. The number of aliphatic hydroxyl groups excluding tert-OH is 2. The molecule has 0 aliphatic heterocycles. The van der Waals surface area contributed by atoms with Crippen molar-refractivity contribution >= 4 is 44.8 Å². The number of thiophene rings is 1. The molecule has 190 valence electrons. The molecule has 1 fully saturated rings. The molecule has 2 N–H and O–H groups in total. The quantitative estimate of drug-likeness (QED) is 0.220. The topological polar surface area (TPSA) is 83.8 Å². The van der Waals surface area contributed by atoms with Crippen molar-refractivity contribution in [3.8, 4) is 0 Å². The highest BCUT2D eigenvalue weighted by Gasteiger charge is 2.52. The van der Waals surface area contributed by atoms with Crippen LogP contribution in [0.25, 0.3) is 10.1 Å².